The Morgan fingerprint density at radius 3 is 2.58 bits per heavy atom. The molecule has 3 heteroatoms. The highest BCUT2D eigenvalue weighted by Gasteiger charge is 1.97. The van der Waals surface area contributed by atoms with Gasteiger partial charge in [-0.1, -0.05) is 6.07 Å². The predicted octanol–water partition coefficient (Wildman–Crippen LogP) is 2.06. The molecular weight excluding hydrogens is 177 g/mol. The predicted molar refractivity (Wildman–Crippen MR) is 51.1 cm³/mol. The normalized spacial score (nSPS) is 9.25. The molecule has 0 unspecified atom stereocenters. The summed E-state index contributed by atoms with van der Waals surface area (Å²) in [5.41, 5.74) is 7.49. The summed E-state index contributed by atoms with van der Waals surface area (Å²) in [6.07, 6.45) is 0.826. The smallest absolute Gasteiger partial charge is 0.123 e. The third kappa shape index (κ3) is 2.80. The summed E-state index contributed by atoms with van der Waals surface area (Å²) in [5.74, 6) is -0.178. The van der Waals surface area contributed by atoms with Gasteiger partial charge in [-0.05, 0) is 43.1 Å². The van der Waals surface area contributed by atoms with E-state index in [4.69, 9.17) is 5.73 Å². The van der Waals surface area contributed by atoms with E-state index >= 15 is 0 Å². The van der Waals surface area contributed by atoms with Gasteiger partial charge in [-0.3, -0.25) is 0 Å². The molecule has 1 aromatic rings. The van der Waals surface area contributed by atoms with Crippen LogP contribution in [0.5, 0.6) is 0 Å². The number of hydrogen-bond donors (Lipinski definition) is 1. The Morgan fingerprint density at radius 2 is 2.08 bits per heavy atom. The minimum atomic E-state index is -0.178. The number of aryl methyl sites for hydroxylation is 1. The number of hydrogen-bond acceptors (Lipinski definition) is 1. The molecule has 0 aliphatic rings. The molecule has 0 aliphatic carbocycles. The van der Waals surface area contributed by atoms with E-state index < -0.39 is 0 Å². The summed E-state index contributed by atoms with van der Waals surface area (Å²) in [7, 11) is 0. The van der Waals surface area contributed by atoms with Crippen molar-refractivity contribution in [3.8, 4) is 0 Å². The highest BCUT2D eigenvalue weighted by molar-refractivity contribution is 5.85. The molecule has 0 aliphatic heterocycles. The van der Waals surface area contributed by atoms with Crippen LogP contribution in [0.25, 0.3) is 0 Å². The molecule has 1 nitrogen and oxygen atoms in total. The molecule has 1 aromatic carbocycles. The Balaban J connectivity index is 0.00000121. The van der Waals surface area contributed by atoms with Gasteiger partial charge in [0, 0.05) is 0 Å². The van der Waals surface area contributed by atoms with E-state index in [0.717, 1.165) is 17.5 Å². The van der Waals surface area contributed by atoms with Gasteiger partial charge in [0.15, 0.2) is 0 Å². The molecule has 0 radical (unpaired) electrons. The average molecular weight is 190 g/mol. The molecule has 0 atom stereocenters. The largest absolute Gasteiger partial charge is 0.330 e. The molecule has 68 valence electrons. The molecule has 0 saturated heterocycles. The number of rotatable bonds is 2. The van der Waals surface area contributed by atoms with Crippen molar-refractivity contribution >= 4 is 12.4 Å². The Hall–Kier alpha value is -0.600. The zero-order valence-corrected chi connectivity index (χ0v) is 7.83. The van der Waals surface area contributed by atoms with E-state index in [1.54, 1.807) is 6.07 Å². The first-order valence-corrected chi connectivity index (χ1v) is 3.69. The first kappa shape index (κ1) is 11.4. The molecule has 12 heavy (non-hydrogen) atoms. The van der Waals surface area contributed by atoms with Gasteiger partial charge in [-0.15, -0.1) is 12.4 Å². The van der Waals surface area contributed by atoms with Crippen LogP contribution in [0.15, 0.2) is 18.2 Å². The molecule has 0 fully saturated rings. The lowest BCUT2D eigenvalue weighted by Crippen LogP contribution is -2.04. The molecule has 0 amide bonds. The van der Waals surface area contributed by atoms with Crippen LogP contribution in [0.1, 0.15) is 11.1 Å². The number of nitrogens with two attached hydrogens (primary N) is 1. The summed E-state index contributed by atoms with van der Waals surface area (Å²) in [6.45, 7) is 2.51. The highest BCUT2D eigenvalue weighted by atomic mass is 35.5. The van der Waals surface area contributed by atoms with Crippen molar-refractivity contribution < 1.29 is 4.39 Å². The summed E-state index contributed by atoms with van der Waals surface area (Å²) < 4.78 is 12.6. The lowest BCUT2D eigenvalue weighted by Gasteiger charge is -2.02. The molecule has 1 rings (SSSR count). The van der Waals surface area contributed by atoms with Crippen molar-refractivity contribution in [2.45, 2.75) is 13.3 Å². The van der Waals surface area contributed by atoms with Gasteiger partial charge in [0.2, 0.25) is 0 Å². The number of halogens is 2. The van der Waals surface area contributed by atoms with E-state index in [2.05, 4.69) is 0 Å². The summed E-state index contributed by atoms with van der Waals surface area (Å²) in [4.78, 5) is 0. The van der Waals surface area contributed by atoms with Gasteiger partial charge in [0.05, 0.1) is 0 Å². The van der Waals surface area contributed by atoms with Crippen LogP contribution in [0.3, 0.4) is 0 Å². The zero-order valence-electron chi connectivity index (χ0n) is 7.01. The molecule has 0 bridgehead atoms. The molecule has 2 N–H and O–H groups in total. The summed E-state index contributed by atoms with van der Waals surface area (Å²) in [5, 5.41) is 0. The van der Waals surface area contributed by atoms with Crippen LogP contribution < -0.4 is 5.73 Å². The molecule has 0 aromatic heterocycles. The van der Waals surface area contributed by atoms with Gasteiger partial charge in [0.25, 0.3) is 0 Å². The lowest BCUT2D eigenvalue weighted by atomic mass is 10.1. The zero-order chi connectivity index (χ0) is 8.27. The Morgan fingerprint density at radius 1 is 1.42 bits per heavy atom. The fourth-order valence-corrected chi connectivity index (χ4v) is 1.10. The van der Waals surface area contributed by atoms with E-state index in [1.165, 1.54) is 12.1 Å². The maximum Gasteiger partial charge on any atom is 0.123 e. The summed E-state index contributed by atoms with van der Waals surface area (Å²) >= 11 is 0. The van der Waals surface area contributed by atoms with Crippen molar-refractivity contribution in [1.29, 1.82) is 0 Å². The Labute approximate surface area is 78.2 Å². The lowest BCUT2D eigenvalue weighted by molar-refractivity contribution is 0.625. The average Bonchev–Trinajstić information content (AvgIpc) is 1.95. The van der Waals surface area contributed by atoms with Crippen LogP contribution in [0, 0.1) is 12.7 Å². The maximum absolute atomic E-state index is 12.6. The minimum absolute atomic E-state index is 0. The molecular formula is C9H13ClFN. The van der Waals surface area contributed by atoms with Crippen molar-refractivity contribution in [1.82, 2.24) is 0 Å². The van der Waals surface area contributed by atoms with Gasteiger partial charge >= 0.3 is 0 Å². The van der Waals surface area contributed by atoms with Gasteiger partial charge < -0.3 is 5.73 Å². The van der Waals surface area contributed by atoms with E-state index in [1.807, 2.05) is 6.92 Å². The monoisotopic (exact) mass is 189 g/mol. The van der Waals surface area contributed by atoms with Crippen LogP contribution in [-0.2, 0) is 6.42 Å². The second-order valence-corrected chi connectivity index (χ2v) is 2.61. The minimum Gasteiger partial charge on any atom is -0.330 e. The highest BCUT2D eigenvalue weighted by Crippen LogP contribution is 2.09. The van der Waals surface area contributed by atoms with E-state index in [9.17, 15) is 4.39 Å². The summed E-state index contributed by atoms with van der Waals surface area (Å²) in [6, 6.07) is 4.79. The van der Waals surface area contributed by atoms with E-state index in [0.29, 0.717) is 6.54 Å². The molecule has 0 heterocycles. The van der Waals surface area contributed by atoms with Crippen LogP contribution >= 0.6 is 12.4 Å². The van der Waals surface area contributed by atoms with Crippen molar-refractivity contribution in [2.24, 2.45) is 5.73 Å². The third-order valence-corrected chi connectivity index (χ3v) is 1.72. The van der Waals surface area contributed by atoms with Crippen LogP contribution in [0.2, 0.25) is 0 Å². The second-order valence-electron chi connectivity index (χ2n) is 2.61. The fraction of sp³-hybridized carbons (Fsp3) is 0.333. The Kier molecular flexibility index (Phi) is 4.86. The first-order chi connectivity index (χ1) is 5.24. The molecule has 0 saturated carbocycles. The van der Waals surface area contributed by atoms with Crippen molar-refractivity contribution in [2.75, 3.05) is 6.54 Å². The van der Waals surface area contributed by atoms with Crippen molar-refractivity contribution in [3.63, 3.8) is 0 Å². The maximum atomic E-state index is 12.6. The van der Waals surface area contributed by atoms with Crippen molar-refractivity contribution in [3.05, 3.63) is 35.1 Å². The second kappa shape index (κ2) is 5.12. The quantitative estimate of drug-likeness (QED) is 0.758. The van der Waals surface area contributed by atoms with Gasteiger partial charge in [-0.2, -0.15) is 0 Å². The van der Waals surface area contributed by atoms with Gasteiger partial charge in [-0.25, -0.2) is 4.39 Å². The van der Waals surface area contributed by atoms with E-state index in [-0.39, 0.29) is 18.2 Å². The standard InChI is InChI=1S/C9H12FN.ClH/c1-7-6-9(10)3-2-8(7)4-5-11;/h2-3,6H,4-5,11H2,1H3;1H. The number of benzene rings is 1. The van der Waals surface area contributed by atoms with Crippen LogP contribution in [-0.4, -0.2) is 6.54 Å². The Bertz CT molecular complexity index is 250. The SMILES string of the molecule is Cc1cc(F)ccc1CCN.Cl. The third-order valence-electron chi connectivity index (χ3n) is 1.72. The topological polar surface area (TPSA) is 26.0 Å². The van der Waals surface area contributed by atoms with Crippen LogP contribution in [0.4, 0.5) is 4.39 Å². The fourth-order valence-electron chi connectivity index (χ4n) is 1.10. The first-order valence-electron chi connectivity index (χ1n) is 3.69. The van der Waals surface area contributed by atoms with Gasteiger partial charge in [0.1, 0.15) is 5.82 Å². The molecule has 0 spiro atoms.